The van der Waals surface area contributed by atoms with Crippen molar-refractivity contribution in [2.45, 2.75) is 20.3 Å². The highest BCUT2D eigenvalue weighted by atomic mass is 32.1. The third-order valence-electron chi connectivity index (χ3n) is 3.21. The molecule has 0 saturated heterocycles. The topological polar surface area (TPSA) is 31.9 Å². The fraction of sp³-hybridized carbons (Fsp3) is 0.333. The van der Waals surface area contributed by atoms with Crippen LogP contribution in [0.4, 0.5) is 5.69 Å². The summed E-state index contributed by atoms with van der Waals surface area (Å²) < 4.78 is 0.683. The van der Waals surface area contributed by atoms with Crippen molar-refractivity contribution < 1.29 is 0 Å². The fourth-order valence-electron chi connectivity index (χ4n) is 1.96. The van der Waals surface area contributed by atoms with Gasteiger partial charge in [-0.05, 0) is 24.6 Å². The number of H-pyrrole nitrogens is 1. The zero-order valence-electron chi connectivity index (χ0n) is 11.8. The Morgan fingerprint density at radius 2 is 1.84 bits per heavy atom. The molecule has 2 rings (SSSR count). The van der Waals surface area contributed by atoms with Gasteiger partial charge in [0.05, 0.1) is 5.69 Å². The average molecular weight is 273 g/mol. The second-order valence-corrected chi connectivity index (χ2v) is 5.17. The normalized spacial score (nSPS) is 10.5. The first kappa shape index (κ1) is 13.7. The van der Waals surface area contributed by atoms with Crippen LogP contribution in [-0.2, 0) is 6.42 Å². The van der Waals surface area contributed by atoms with Gasteiger partial charge in [-0.2, -0.15) is 0 Å². The van der Waals surface area contributed by atoms with Crippen molar-refractivity contribution in [3.8, 4) is 11.3 Å². The molecule has 0 unspecified atom stereocenters. The van der Waals surface area contributed by atoms with Gasteiger partial charge in [0.15, 0.2) is 0 Å². The fourth-order valence-corrected chi connectivity index (χ4v) is 2.17. The van der Waals surface area contributed by atoms with Gasteiger partial charge in [0, 0.05) is 31.8 Å². The van der Waals surface area contributed by atoms with E-state index in [4.69, 9.17) is 12.2 Å². The van der Waals surface area contributed by atoms with E-state index >= 15 is 0 Å². The number of anilines is 1. The van der Waals surface area contributed by atoms with E-state index < -0.39 is 0 Å². The van der Waals surface area contributed by atoms with Crippen molar-refractivity contribution in [1.82, 2.24) is 9.97 Å². The molecule has 0 amide bonds. The molecule has 0 saturated carbocycles. The van der Waals surface area contributed by atoms with Crippen molar-refractivity contribution in [3.05, 3.63) is 40.3 Å². The van der Waals surface area contributed by atoms with Gasteiger partial charge in [-0.3, -0.25) is 0 Å². The van der Waals surface area contributed by atoms with E-state index in [9.17, 15) is 0 Å². The lowest BCUT2D eigenvalue weighted by Gasteiger charge is -2.14. The van der Waals surface area contributed by atoms with Crippen molar-refractivity contribution >= 4 is 17.9 Å². The molecule has 0 radical (unpaired) electrons. The largest absolute Gasteiger partial charge is 0.378 e. The van der Waals surface area contributed by atoms with Gasteiger partial charge in [-0.1, -0.05) is 31.3 Å². The van der Waals surface area contributed by atoms with E-state index in [0.717, 1.165) is 29.1 Å². The second-order valence-electron chi connectivity index (χ2n) is 4.78. The molecule has 1 aromatic carbocycles. The van der Waals surface area contributed by atoms with Gasteiger partial charge in [-0.15, -0.1) is 0 Å². The SMILES string of the molecule is CCc1nc(=S)c(C)c(-c2ccc(N(C)C)cc2)[nH]1. The molecule has 4 heteroatoms. The Kier molecular flexibility index (Phi) is 4.00. The van der Waals surface area contributed by atoms with E-state index in [0.29, 0.717) is 4.64 Å². The third kappa shape index (κ3) is 2.84. The molecule has 0 aliphatic heterocycles. The number of aromatic amines is 1. The van der Waals surface area contributed by atoms with Crippen molar-refractivity contribution in [1.29, 1.82) is 0 Å². The molecule has 1 heterocycles. The minimum absolute atomic E-state index is 0.683. The Morgan fingerprint density at radius 3 is 2.37 bits per heavy atom. The lowest BCUT2D eigenvalue weighted by molar-refractivity contribution is 0.926. The Morgan fingerprint density at radius 1 is 1.21 bits per heavy atom. The Balaban J connectivity index is 2.52. The number of nitrogens with zero attached hydrogens (tertiary/aromatic N) is 2. The van der Waals surface area contributed by atoms with Crippen LogP contribution < -0.4 is 4.90 Å². The summed E-state index contributed by atoms with van der Waals surface area (Å²) in [5, 5.41) is 0. The lowest BCUT2D eigenvalue weighted by Crippen LogP contribution is -2.08. The molecule has 2 aromatic rings. The summed E-state index contributed by atoms with van der Waals surface area (Å²) in [6.07, 6.45) is 0.854. The Hall–Kier alpha value is -1.68. The molecule has 0 atom stereocenters. The summed E-state index contributed by atoms with van der Waals surface area (Å²) in [7, 11) is 4.07. The number of hydrogen-bond donors (Lipinski definition) is 1. The monoisotopic (exact) mass is 273 g/mol. The highest BCUT2D eigenvalue weighted by molar-refractivity contribution is 7.71. The molecule has 0 bridgehead atoms. The molecular formula is C15H19N3S. The van der Waals surface area contributed by atoms with Gasteiger partial charge < -0.3 is 9.88 Å². The van der Waals surface area contributed by atoms with Crippen LogP contribution in [0.5, 0.6) is 0 Å². The summed E-state index contributed by atoms with van der Waals surface area (Å²) in [5.41, 5.74) is 4.43. The quantitative estimate of drug-likeness (QED) is 0.864. The first-order chi connectivity index (χ1) is 9.02. The van der Waals surface area contributed by atoms with Crippen LogP contribution in [0.15, 0.2) is 24.3 Å². The number of benzene rings is 1. The maximum absolute atomic E-state index is 5.32. The molecule has 1 N–H and O–H groups in total. The van der Waals surface area contributed by atoms with Crippen LogP contribution in [0.25, 0.3) is 11.3 Å². The van der Waals surface area contributed by atoms with Crippen LogP contribution in [0, 0.1) is 11.6 Å². The van der Waals surface area contributed by atoms with Crippen LogP contribution >= 0.6 is 12.2 Å². The van der Waals surface area contributed by atoms with E-state index in [1.165, 1.54) is 5.69 Å². The predicted molar refractivity (Wildman–Crippen MR) is 83.3 cm³/mol. The highest BCUT2D eigenvalue weighted by Gasteiger charge is 2.07. The number of rotatable bonds is 3. The van der Waals surface area contributed by atoms with Crippen LogP contribution in [0.2, 0.25) is 0 Å². The molecule has 100 valence electrons. The van der Waals surface area contributed by atoms with E-state index in [-0.39, 0.29) is 0 Å². The smallest absolute Gasteiger partial charge is 0.133 e. The van der Waals surface area contributed by atoms with Gasteiger partial charge >= 0.3 is 0 Å². The first-order valence-electron chi connectivity index (χ1n) is 6.40. The Labute approximate surface area is 119 Å². The summed E-state index contributed by atoms with van der Waals surface area (Å²) in [6, 6.07) is 8.44. The molecule has 0 fully saturated rings. The lowest BCUT2D eigenvalue weighted by atomic mass is 10.1. The standard InChI is InChI=1S/C15H19N3S/c1-5-13-16-14(10(2)15(19)17-13)11-6-8-12(9-7-11)18(3)4/h6-9H,5H2,1-4H3,(H,16,17,19). The van der Waals surface area contributed by atoms with E-state index in [1.807, 2.05) is 21.0 Å². The molecule has 19 heavy (non-hydrogen) atoms. The zero-order valence-corrected chi connectivity index (χ0v) is 12.6. The molecule has 0 aliphatic rings. The third-order valence-corrected chi connectivity index (χ3v) is 3.61. The minimum Gasteiger partial charge on any atom is -0.378 e. The summed E-state index contributed by atoms with van der Waals surface area (Å²) in [5.74, 6) is 0.933. The molecule has 0 aliphatic carbocycles. The highest BCUT2D eigenvalue weighted by Crippen LogP contribution is 2.24. The van der Waals surface area contributed by atoms with Gasteiger partial charge in [0.1, 0.15) is 10.5 Å². The zero-order chi connectivity index (χ0) is 14.0. The summed E-state index contributed by atoms with van der Waals surface area (Å²) in [4.78, 5) is 9.84. The van der Waals surface area contributed by atoms with E-state index in [1.54, 1.807) is 0 Å². The molecule has 1 aromatic heterocycles. The number of aromatic nitrogens is 2. The maximum atomic E-state index is 5.32. The van der Waals surface area contributed by atoms with Gasteiger partial charge in [0.2, 0.25) is 0 Å². The average Bonchev–Trinajstić information content (AvgIpc) is 2.41. The summed E-state index contributed by atoms with van der Waals surface area (Å²) in [6.45, 7) is 4.09. The van der Waals surface area contributed by atoms with Crippen LogP contribution in [0.1, 0.15) is 18.3 Å². The number of hydrogen-bond acceptors (Lipinski definition) is 3. The summed E-state index contributed by atoms with van der Waals surface area (Å²) >= 11 is 5.32. The molecule has 3 nitrogen and oxygen atoms in total. The van der Waals surface area contributed by atoms with Crippen LogP contribution in [0.3, 0.4) is 0 Å². The van der Waals surface area contributed by atoms with Gasteiger partial charge in [-0.25, -0.2) is 4.98 Å². The Bertz CT molecular complexity index is 627. The number of aryl methyl sites for hydroxylation is 1. The molecular weight excluding hydrogens is 254 g/mol. The minimum atomic E-state index is 0.683. The number of nitrogens with one attached hydrogen (secondary N) is 1. The van der Waals surface area contributed by atoms with Gasteiger partial charge in [0.25, 0.3) is 0 Å². The second kappa shape index (κ2) is 5.53. The maximum Gasteiger partial charge on any atom is 0.133 e. The van der Waals surface area contributed by atoms with Crippen molar-refractivity contribution in [2.75, 3.05) is 19.0 Å². The first-order valence-corrected chi connectivity index (χ1v) is 6.81. The van der Waals surface area contributed by atoms with Crippen LogP contribution in [-0.4, -0.2) is 24.1 Å². The van der Waals surface area contributed by atoms with Crippen molar-refractivity contribution in [2.24, 2.45) is 0 Å². The van der Waals surface area contributed by atoms with E-state index in [2.05, 4.69) is 46.1 Å². The van der Waals surface area contributed by atoms with Crippen molar-refractivity contribution in [3.63, 3.8) is 0 Å². The predicted octanol–water partition coefficient (Wildman–Crippen LogP) is 3.74. The molecule has 0 spiro atoms.